The summed E-state index contributed by atoms with van der Waals surface area (Å²) < 4.78 is 5.33. The van der Waals surface area contributed by atoms with Gasteiger partial charge in [-0.15, -0.1) is 0 Å². The molecule has 86 valence electrons. The molecule has 0 saturated heterocycles. The van der Waals surface area contributed by atoms with Gasteiger partial charge in [0.15, 0.2) is 0 Å². The molecule has 3 nitrogen and oxygen atoms in total. The van der Waals surface area contributed by atoms with Crippen LogP contribution < -0.4 is 9.64 Å². The number of anilines is 1. The van der Waals surface area contributed by atoms with Crippen molar-refractivity contribution in [3.8, 4) is 11.8 Å². The van der Waals surface area contributed by atoms with Gasteiger partial charge in [-0.3, -0.25) is 0 Å². The molecule has 0 heterocycles. The van der Waals surface area contributed by atoms with E-state index in [1.165, 1.54) is 5.56 Å². The van der Waals surface area contributed by atoms with Gasteiger partial charge in [-0.2, -0.15) is 5.26 Å². The number of ether oxygens (including phenoxy) is 1. The van der Waals surface area contributed by atoms with Gasteiger partial charge in [0, 0.05) is 13.1 Å². The highest BCUT2D eigenvalue weighted by Gasteiger charge is 2.13. The SMILES string of the molecule is COc1ccc(C)cc1N(C)C(C)CC#N. The van der Waals surface area contributed by atoms with Crippen LogP contribution in [0.2, 0.25) is 0 Å². The highest BCUT2D eigenvalue weighted by molar-refractivity contribution is 5.60. The average molecular weight is 218 g/mol. The van der Waals surface area contributed by atoms with Crippen molar-refractivity contribution in [3.63, 3.8) is 0 Å². The third-order valence-electron chi connectivity index (χ3n) is 2.76. The number of hydrogen-bond donors (Lipinski definition) is 0. The molecule has 1 aromatic carbocycles. The first-order valence-electron chi connectivity index (χ1n) is 5.34. The minimum atomic E-state index is 0.181. The van der Waals surface area contributed by atoms with Crippen LogP contribution in [0.25, 0.3) is 0 Å². The quantitative estimate of drug-likeness (QED) is 0.779. The molecule has 0 spiro atoms. The van der Waals surface area contributed by atoms with Crippen LogP contribution in [-0.2, 0) is 0 Å². The standard InChI is InChI=1S/C13H18N2O/c1-10-5-6-13(16-4)12(9-10)15(3)11(2)7-8-14/h5-6,9,11H,7H2,1-4H3. The fourth-order valence-corrected chi connectivity index (χ4v) is 1.58. The van der Waals surface area contributed by atoms with Gasteiger partial charge in [-0.25, -0.2) is 0 Å². The molecule has 0 aliphatic carbocycles. The van der Waals surface area contributed by atoms with E-state index in [-0.39, 0.29) is 6.04 Å². The maximum atomic E-state index is 8.71. The summed E-state index contributed by atoms with van der Waals surface area (Å²) in [6.07, 6.45) is 0.508. The largest absolute Gasteiger partial charge is 0.495 e. The van der Waals surface area contributed by atoms with Gasteiger partial charge in [-0.1, -0.05) is 6.07 Å². The lowest BCUT2D eigenvalue weighted by atomic mass is 10.1. The molecule has 3 heteroatoms. The molecule has 0 bridgehead atoms. The van der Waals surface area contributed by atoms with Crippen molar-refractivity contribution in [1.29, 1.82) is 5.26 Å². The highest BCUT2D eigenvalue weighted by Crippen LogP contribution is 2.29. The zero-order valence-electron chi connectivity index (χ0n) is 10.3. The van der Waals surface area contributed by atoms with E-state index in [2.05, 4.69) is 17.0 Å². The first kappa shape index (κ1) is 12.4. The summed E-state index contributed by atoms with van der Waals surface area (Å²) in [5.74, 6) is 0.845. The Morgan fingerprint density at radius 1 is 1.50 bits per heavy atom. The zero-order valence-corrected chi connectivity index (χ0v) is 10.3. The Kier molecular flexibility index (Phi) is 4.19. The van der Waals surface area contributed by atoms with Crippen molar-refractivity contribution in [1.82, 2.24) is 0 Å². The van der Waals surface area contributed by atoms with Crippen LogP contribution in [-0.4, -0.2) is 20.2 Å². The van der Waals surface area contributed by atoms with Crippen LogP contribution in [0.15, 0.2) is 18.2 Å². The topological polar surface area (TPSA) is 36.3 Å². The van der Waals surface area contributed by atoms with Crippen molar-refractivity contribution in [3.05, 3.63) is 23.8 Å². The predicted octanol–water partition coefficient (Wildman–Crippen LogP) is 2.74. The average Bonchev–Trinajstić information content (AvgIpc) is 2.28. The number of methoxy groups -OCH3 is 1. The van der Waals surface area contributed by atoms with Crippen LogP contribution in [0.4, 0.5) is 5.69 Å². The Hall–Kier alpha value is -1.69. The van der Waals surface area contributed by atoms with Crippen LogP contribution in [0.1, 0.15) is 18.9 Å². The van der Waals surface area contributed by atoms with E-state index >= 15 is 0 Å². The molecule has 0 saturated carbocycles. The number of aryl methyl sites for hydroxylation is 1. The van der Waals surface area contributed by atoms with Crippen LogP contribution in [0, 0.1) is 18.3 Å². The van der Waals surface area contributed by atoms with Gasteiger partial charge in [0.25, 0.3) is 0 Å². The Labute approximate surface area is 97.3 Å². The summed E-state index contributed by atoms with van der Waals surface area (Å²) in [6, 6.07) is 8.42. The molecular formula is C13H18N2O. The number of nitrogens with zero attached hydrogens (tertiary/aromatic N) is 2. The van der Waals surface area contributed by atoms with E-state index in [9.17, 15) is 0 Å². The molecule has 0 aliphatic rings. The van der Waals surface area contributed by atoms with Crippen molar-refractivity contribution >= 4 is 5.69 Å². The van der Waals surface area contributed by atoms with E-state index in [0.717, 1.165) is 11.4 Å². The van der Waals surface area contributed by atoms with E-state index in [1.54, 1.807) is 7.11 Å². The lowest BCUT2D eigenvalue weighted by molar-refractivity contribution is 0.413. The number of rotatable bonds is 4. The first-order chi connectivity index (χ1) is 7.60. The van der Waals surface area contributed by atoms with E-state index in [1.807, 2.05) is 33.0 Å². The van der Waals surface area contributed by atoms with Crippen molar-refractivity contribution in [2.45, 2.75) is 26.3 Å². The minimum Gasteiger partial charge on any atom is -0.495 e. The molecule has 0 radical (unpaired) electrons. The van der Waals surface area contributed by atoms with Gasteiger partial charge in [0.1, 0.15) is 5.75 Å². The normalized spacial score (nSPS) is 11.7. The fraction of sp³-hybridized carbons (Fsp3) is 0.462. The summed E-state index contributed by atoms with van der Waals surface area (Å²) in [6.45, 7) is 4.08. The third kappa shape index (κ3) is 2.66. The Morgan fingerprint density at radius 3 is 2.75 bits per heavy atom. The first-order valence-corrected chi connectivity index (χ1v) is 5.34. The monoisotopic (exact) mass is 218 g/mol. The zero-order chi connectivity index (χ0) is 12.1. The summed E-state index contributed by atoms with van der Waals surface area (Å²) in [5.41, 5.74) is 2.22. The predicted molar refractivity (Wildman–Crippen MR) is 65.8 cm³/mol. The molecule has 0 N–H and O–H groups in total. The smallest absolute Gasteiger partial charge is 0.142 e. The molecule has 16 heavy (non-hydrogen) atoms. The van der Waals surface area contributed by atoms with Crippen LogP contribution in [0.5, 0.6) is 5.75 Å². The Morgan fingerprint density at radius 2 is 2.19 bits per heavy atom. The lowest BCUT2D eigenvalue weighted by Crippen LogP contribution is -2.28. The Balaban J connectivity index is 3.01. The van der Waals surface area contributed by atoms with Gasteiger partial charge in [0.05, 0.1) is 25.3 Å². The molecule has 1 rings (SSSR count). The second kappa shape index (κ2) is 5.41. The maximum Gasteiger partial charge on any atom is 0.142 e. The number of hydrogen-bond acceptors (Lipinski definition) is 3. The molecule has 1 aromatic rings. The molecule has 0 aliphatic heterocycles. The van der Waals surface area contributed by atoms with Gasteiger partial charge < -0.3 is 9.64 Å². The third-order valence-corrected chi connectivity index (χ3v) is 2.76. The van der Waals surface area contributed by atoms with Crippen LogP contribution >= 0.6 is 0 Å². The van der Waals surface area contributed by atoms with E-state index in [0.29, 0.717) is 6.42 Å². The number of benzene rings is 1. The second-order valence-electron chi connectivity index (χ2n) is 4.00. The number of nitriles is 1. The molecule has 0 aromatic heterocycles. The van der Waals surface area contributed by atoms with E-state index in [4.69, 9.17) is 10.00 Å². The Bertz CT molecular complexity index is 395. The molecular weight excluding hydrogens is 200 g/mol. The molecule has 1 unspecified atom stereocenters. The van der Waals surface area contributed by atoms with Crippen molar-refractivity contribution < 1.29 is 4.74 Å². The van der Waals surface area contributed by atoms with Gasteiger partial charge in [0.2, 0.25) is 0 Å². The molecule has 0 fully saturated rings. The fourth-order valence-electron chi connectivity index (χ4n) is 1.58. The van der Waals surface area contributed by atoms with Crippen molar-refractivity contribution in [2.24, 2.45) is 0 Å². The summed E-state index contributed by atoms with van der Waals surface area (Å²) >= 11 is 0. The van der Waals surface area contributed by atoms with Gasteiger partial charge >= 0.3 is 0 Å². The maximum absolute atomic E-state index is 8.71. The van der Waals surface area contributed by atoms with Gasteiger partial charge in [-0.05, 0) is 31.5 Å². The highest BCUT2D eigenvalue weighted by atomic mass is 16.5. The summed E-state index contributed by atoms with van der Waals surface area (Å²) in [5, 5.41) is 8.71. The van der Waals surface area contributed by atoms with Crippen LogP contribution in [0.3, 0.4) is 0 Å². The van der Waals surface area contributed by atoms with Crippen molar-refractivity contribution in [2.75, 3.05) is 19.1 Å². The summed E-state index contributed by atoms with van der Waals surface area (Å²) in [7, 11) is 3.65. The summed E-state index contributed by atoms with van der Waals surface area (Å²) in [4.78, 5) is 2.08. The molecule has 0 amide bonds. The lowest BCUT2D eigenvalue weighted by Gasteiger charge is -2.27. The van der Waals surface area contributed by atoms with E-state index < -0.39 is 0 Å². The minimum absolute atomic E-state index is 0.181. The molecule has 1 atom stereocenters. The second-order valence-corrected chi connectivity index (χ2v) is 4.00.